The van der Waals surface area contributed by atoms with Crippen molar-refractivity contribution in [2.45, 2.75) is 36.6 Å². The second kappa shape index (κ2) is 7.27. The highest BCUT2D eigenvalue weighted by Crippen LogP contribution is 2.41. The van der Waals surface area contributed by atoms with Gasteiger partial charge in [0.1, 0.15) is 23.8 Å². The molecule has 1 aromatic heterocycles. The van der Waals surface area contributed by atoms with Crippen LogP contribution in [0.4, 0.5) is 19.4 Å². The fourth-order valence-corrected chi connectivity index (χ4v) is 4.18. The molecular formula is C20H22F2N6O3. The number of amides is 3. The van der Waals surface area contributed by atoms with Crippen LogP contribution in [-0.4, -0.2) is 77.1 Å². The maximum absolute atomic E-state index is 13.2. The van der Waals surface area contributed by atoms with Crippen molar-refractivity contribution in [3.8, 4) is 5.75 Å². The highest BCUT2D eigenvalue weighted by Gasteiger charge is 2.58. The van der Waals surface area contributed by atoms with Gasteiger partial charge in [-0.05, 0) is 12.1 Å². The van der Waals surface area contributed by atoms with Crippen molar-refractivity contribution in [2.24, 2.45) is 0 Å². The molecule has 1 saturated heterocycles. The summed E-state index contributed by atoms with van der Waals surface area (Å²) in [5.41, 5.74) is 0.803. The van der Waals surface area contributed by atoms with Gasteiger partial charge < -0.3 is 10.1 Å². The van der Waals surface area contributed by atoms with E-state index in [4.69, 9.17) is 4.74 Å². The van der Waals surface area contributed by atoms with E-state index in [1.54, 1.807) is 23.1 Å². The summed E-state index contributed by atoms with van der Waals surface area (Å²) in [5.74, 6) is -2.49. The number of pyridine rings is 1. The molecule has 2 bridgehead atoms. The molecule has 31 heavy (non-hydrogen) atoms. The summed E-state index contributed by atoms with van der Waals surface area (Å²) in [6, 6.07) is 0.777. The molecule has 5 atom stereocenters. The topological polar surface area (TPSA) is 98.8 Å². The van der Waals surface area contributed by atoms with E-state index < -0.39 is 36.1 Å². The van der Waals surface area contributed by atoms with Gasteiger partial charge in [-0.15, -0.1) is 0 Å². The molecule has 5 unspecified atom stereocenters. The van der Waals surface area contributed by atoms with Crippen LogP contribution in [0.2, 0.25) is 0 Å². The standard InChI is InChI=1S/C20H22F2N6O3/c1-31-12-4-6-23-16(8-12)26-19(30)28-11-5-7-27(10-11)14-3-2-13(24-17(14)28)18(29)25-15-9-20(15,21)22/h2-6,8,13-15,17,24H,7,9-10H2,1H3,(H,25,29)(H,23,26,30). The number of hydrogen-bond donors (Lipinski definition) is 3. The lowest BCUT2D eigenvalue weighted by Crippen LogP contribution is -2.67. The molecule has 0 spiro atoms. The SMILES string of the molecule is COc1ccnc(NC(=O)N2C3=CCN(C3)C3C=CC(C(=O)NC4CC4(F)F)NC32)c1. The molecule has 1 saturated carbocycles. The number of aromatic nitrogens is 1. The van der Waals surface area contributed by atoms with E-state index >= 15 is 0 Å². The van der Waals surface area contributed by atoms with E-state index in [2.05, 4.69) is 25.8 Å². The smallest absolute Gasteiger partial charge is 0.328 e. The first kappa shape index (κ1) is 19.9. The van der Waals surface area contributed by atoms with Crippen LogP contribution in [-0.2, 0) is 4.79 Å². The zero-order valence-electron chi connectivity index (χ0n) is 16.7. The van der Waals surface area contributed by atoms with Crippen molar-refractivity contribution in [1.29, 1.82) is 0 Å². The van der Waals surface area contributed by atoms with Gasteiger partial charge in [-0.2, -0.15) is 0 Å². The predicted octanol–water partition coefficient (Wildman–Crippen LogP) is 0.884. The minimum atomic E-state index is -2.84. The van der Waals surface area contributed by atoms with E-state index in [0.717, 1.165) is 5.70 Å². The fourth-order valence-electron chi connectivity index (χ4n) is 4.18. The minimum absolute atomic E-state index is 0.155. The Balaban J connectivity index is 1.34. The van der Waals surface area contributed by atoms with Crippen molar-refractivity contribution in [3.05, 3.63) is 42.3 Å². The predicted molar refractivity (Wildman–Crippen MR) is 106 cm³/mol. The average molecular weight is 432 g/mol. The molecule has 11 heteroatoms. The summed E-state index contributed by atoms with van der Waals surface area (Å²) >= 11 is 0. The van der Waals surface area contributed by atoms with Gasteiger partial charge in [0.25, 0.3) is 5.92 Å². The highest BCUT2D eigenvalue weighted by molar-refractivity contribution is 5.91. The molecule has 5 rings (SSSR count). The van der Waals surface area contributed by atoms with Gasteiger partial charge in [0.15, 0.2) is 0 Å². The third-order valence-electron chi connectivity index (χ3n) is 5.96. The number of urea groups is 1. The Labute approximate surface area is 177 Å². The molecule has 4 aliphatic rings. The van der Waals surface area contributed by atoms with Gasteiger partial charge in [-0.3, -0.25) is 25.2 Å². The van der Waals surface area contributed by atoms with Crippen molar-refractivity contribution in [3.63, 3.8) is 0 Å². The molecule has 164 valence electrons. The average Bonchev–Trinajstić information content (AvgIpc) is 3.15. The first-order valence-corrected chi connectivity index (χ1v) is 10.0. The van der Waals surface area contributed by atoms with Crippen molar-refractivity contribution in [2.75, 3.05) is 25.5 Å². The molecule has 3 aliphatic heterocycles. The summed E-state index contributed by atoms with van der Waals surface area (Å²) < 4.78 is 31.5. The number of rotatable bonds is 4. The number of nitrogens with one attached hydrogen (secondary N) is 3. The molecular weight excluding hydrogens is 410 g/mol. The summed E-state index contributed by atoms with van der Waals surface area (Å²) in [7, 11) is 1.52. The number of carbonyl (C=O) groups excluding carboxylic acids is 2. The molecule has 1 aliphatic carbocycles. The Hall–Kier alpha value is -3.05. The molecule has 0 radical (unpaired) electrons. The number of ether oxygens (including phenoxy) is 1. The first-order chi connectivity index (χ1) is 14.9. The normalized spacial score (nSPS) is 32.0. The number of nitrogens with zero attached hydrogens (tertiary/aromatic N) is 3. The summed E-state index contributed by atoms with van der Waals surface area (Å²) in [5, 5.41) is 8.29. The summed E-state index contributed by atoms with van der Waals surface area (Å²) in [6.07, 6.45) is 6.14. The number of methoxy groups -OCH3 is 1. The molecule has 2 fully saturated rings. The number of alkyl halides is 2. The van der Waals surface area contributed by atoms with Gasteiger partial charge in [0, 0.05) is 37.5 Å². The van der Waals surface area contributed by atoms with Gasteiger partial charge in [-0.25, -0.2) is 18.6 Å². The quantitative estimate of drug-likeness (QED) is 0.612. The summed E-state index contributed by atoms with van der Waals surface area (Å²) in [6.45, 7) is 1.27. The van der Waals surface area contributed by atoms with Crippen LogP contribution in [0, 0.1) is 0 Å². The molecule has 1 aromatic rings. The first-order valence-electron chi connectivity index (χ1n) is 10.0. The van der Waals surface area contributed by atoms with Crippen molar-refractivity contribution >= 4 is 17.8 Å². The molecule has 3 amide bonds. The van der Waals surface area contributed by atoms with Gasteiger partial charge >= 0.3 is 6.03 Å². The third-order valence-corrected chi connectivity index (χ3v) is 5.96. The lowest BCUT2D eigenvalue weighted by atomic mass is 10.0. The second-order valence-corrected chi connectivity index (χ2v) is 8.00. The molecule has 9 nitrogen and oxygen atoms in total. The highest BCUT2D eigenvalue weighted by atomic mass is 19.3. The monoisotopic (exact) mass is 432 g/mol. The van der Waals surface area contributed by atoms with Gasteiger partial charge in [0.2, 0.25) is 5.91 Å². The Morgan fingerprint density at radius 1 is 1.35 bits per heavy atom. The second-order valence-electron chi connectivity index (χ2n) is 8.00. The van der Waals surface area contributed by atoms with Crippen LogP contribution in [0.1, 0.15) is 6.42 Å². The number of hydrogen-bond acceptors (Lipinski definition) is 6. The number of halogens is 2. The zero-order valence-corrected chi connectivity index (χ0v) is 16.7. The minimum Gasteiger partial charge on any atom is -0.497 e. The van der Waals surface area contributed by atoms with E-state index in [0.29, 0.717) is 24.7 Å². The maximum Gasteiger partial charge on any atom is 0.328 e. The fraction of sp³-hybridized carbons (Fsp3) is 0.450. The van der Waals surface area contributed by atoms with E-state index in [-0.39, 0.29) is 12.5 Å². The number of piperazine rings is 1. The van der Waals surface area contributed by atoms with Gasteiger partial charge in [0.05, 0.1) is 19.2 Å². The van der Waals surface area contributed by atoms with Crippen LogP contribution in [0.3, 0.4) is 0 Å². The van der Waals surface area contributed by atoms with Crippen LogP contribution < -0.4 is 20.7 Å². The number of fused-ring (bicyclic) bond motifs is 4. The lowest BCUT2D eigenvalue weighted by Gasteiger charge is -2.47. The van der Waals surface area contributed by atoms with Gasteiger partial charge in [-0.1, -0.05) is 12.2 Å². The summed E-state index contributed by atoms with van der Waals surface area (Å²) in [4.78, 5) is 33.6. The van der Waals surface area contributed by atoms with Crippen LogP contribution in [0.5, 0.6) is 5.75 Å². The number of carbonyl (C=O) groups is 2. The molecule has 4 heterocycles. The van der Waals surface area contributed by atoms with E-state index in [1.807, 2.05) is 12.2 Å². The molecule has 0 aromatic carbocycles. The van der Waals surface area contributed by atoms with Crippen molar-refractivity contribution in [1.82, 2.24) is 25.4 Å². The number of anilines is 1. The molecule has 3 N–H and O–H groups in total. The largest absolute Gasteiger partial charge is 0.497 e. The zero-order chi connectivity index (χ0) is 21.8. The Morgan fingerprint density at radius 3 is 2.90 bits per heavy atom. The van der Waals surface area contributed by atoms with Crippen LogP contribution >= 0.6 is 0 Å². The maximum atomic E-state index is 13.2. The Kier molecular flexibility index (Phi) is 4.67. The third kappa shape index (κ3) is 3.63. The van der Waals surface area contributed by atoms with Crippen molar-refractivity contribution < 1.29 is 23.1 Å². The Bertz CT molecular complexity index is 983. The van der Waals surface area contributed by atoms with Crippen LogP contribution in [0.25, 0.3) is 0 Å². The Morgan fingerprint density at radius 2 is 2.16 bits per heavy atom. The van der Waals surface area contributed by atoms with E-state index in [9.17, 15) is 18.4 Å². The lowest BCUT2D eigenvalue weighted by molar-refractivity contribution is -0.123. The van der Waals surface area contributed by atoms with Crippen LogP contribution in [0.15, 0.2) is 42.3 Å². The van der Waals surface area contributed by atoms with E-state index in [1.165, 1.54) is 13.3 Å².